The predicted molar refractivity (Wildman–Crippen MR) is 80.4 cm³/mol. The number of nitrogens with zero attached hydrogens (tertiary/aromatic N) is 2. The third kappa shape index (κ3) is 5.01. The number of thioether (sulfide) groups is 1. The minimum atomic E-state index is 0.303. The predicted octanol–water partition coefficient (Wildman–Crippen LogP) is 2.11. The molecule has 106 valence electrons. The summed E-state index contributed by atoms with van der Waals surface area (Å²) in [6, 6.07) is 3.86. The molecular formula is C14H23N3OS. The maximum atomic E-state index is 5.82. The normalized spacial score (nSPS) is 20.9. The Hall–Kier alpha value is -0.780. The summed E-state index contributed by atoms with van der Waals surface area (Å²) < 4.78 is 5.82. The summed E-state index contributed by atoms with van der Waals surface area (Å²) >= 11 is 1.74. The Morgan fingerprint density at radius 2 is 2.37 bits per heavy atom. The highest BCUT2D eigenvalue weighted by molar-refractivity contribution is 7.99. The van der Waals surface area contributed by atoms with Crippen LogP contribution < -0.4 is 5.73 Å². The molecule has 1 aliphatic rings. The Bertz CT molecular complexity index is 383. The minimum Gasteiger partial charge on any atom is -0.397 e. The van der Waals surface area contributed by atoms with Gasteiger partial charge in [-0.1, -0.05) is 13.8 Å². The molecule has 2 heterocycles. The summed E-state index contributed by atoms with van der Waals surface area (Å²) in [5.74, 6) is 1.66. The van der Waals surface area contributed by atoms with Crippen LogP contribution in [0.15, 0.2) is 23.4 Å². The van der Waals surface area contributed by atoms with Gasteiger partial charge < -0.3 is 10.5 Å². The lowest BCUT2D eigenvalue weighted by Crippen LogP contribution is -2.44. The van der Waals surface area contributed by atoms with Crippen LogP contribution in [-0.4, -0.2) is 48.0 Å². The maximum Gasteiger partial charge on any atom is 0.0962 e. The molecule has 1 saturated heterocycles. The largest absolute Gasteiger partial charge is 0.397 e. The van der Waals surface area contributed by atoms with Crippen LogP contribution in [0.5, 0.6) is 0 Å². The van der Waals surface area contributed by atoms with Gasteiger partial charge in [0.05, 0.1) is 29.6 Å². The molecular weight excluding hydrogens is 258 g/mol. The molecule has 1 aliphatic heterocycles. The molecule has 1 unspecified atom stereocenters. The number of morpholine rings is 1. The summed E-state index contributed by atoms with van der Waals surface area (Å²) in [7, 11) is 0. The summed E-state index contributed by atoms with van der Waals surface area (Å²) in [6.45, 7) is 8.60. The molecule has 1 aromatic heterocycles. The van der Waals surface area contributed by atoms with Crippen LogP contribution in [-0.2, 0) is 4.74 Å². The van der Waals surface area contributed by atoms with Gasteiger partial charge in [0.1, 0.15) is 0 Å². The lowest BCUT2D eigenvalue weighted by molar-refractivity contribution is -0.0191. The SMILES string of the molecule is CC(C)CN1CCOC(CSc2ccc(N)cn2)C1. The van der Waals surface area contributed by atoms with Crippen molar-refractivity contribution in [3.63, 3.8) is 0 Å². The first-order valence-electron chi connectivity index (χ1n) is 6.82. The van der Waals surface area contributed by atoms with Gasteiger partial charge in [0, 0.05) is 25.4 Å². The third-order valence-corrected chi connectivity index (χ3v) is 4.10. The molecule has 4 nitrogen and oxygen atoms in total. The van der Waals surface area contributed by atoms with Gasteiger partial charge in [-0.2, -0.15) is 0 Å². The zero-order valence-electron chi connectivity index (χ0n) is 11.7. The van der Waals surface area contributed by atoms with Gasteiger partial charge in [-0.05, 0) is 18.1 Å². The van der Waals surface area contributed by atoms with Gasteiger partial charge in [0.25, 0.3) is 0 Å². The lowest BCUT2D eigenvalue weighted by Gasteiger charge is -2.33. The first kappa shape index (κ1) is 14.6. The highest BCUT2D eigenvalue weighted by Crippen LogP contribution is 2.20. The van der Waals surface area contributed by atoms with Crippen LogP contribution in [0.4, 0.5) is 5.69 Å². The number of hydrogen-bond donors (Lipinski definition) is 1. The van der Waals surface area contributed by atoms with E-state index in [9.17, 15) is 0 Å². The van der Waals surface area contributed by atoms with Crippen molar-refractivity contribution in [2.24, 2.45) is 5.92 Å². The van der Waals surface area contributed by atoms with Gasteiger partial charge in [0.2, 0.25) is 0 Å². The van der Waals surface area contributed by atoms with E-state index in [1.807, 2.05) is 12.1 Å². The fraction of sp³-hybridized carbons (Fsp3) is 0.643. The van der Waals surface area contributed by atoms with E-state index in [2.05, 4.69) is 23.7 Å². The van der Waals surface area contributed by atoms with Crippen LogP contribution >= 0.6 is 11.8 Å². The van der Waals surface area contributed by atoms with E-state index in [1.165, 1.54) is 0 Å². The van der Waals surface area contributed by atoms with Crippen molar-refractivity contribution in [1.82, 2.24) is 9.88 Å². The summed E-state index contributed by atoms with van der Waals surface area (Å²) in [4.78, 5) is 6.79. The molecule has 0 amide bonds. The van der Waals surface area contributed by atoms with Gasteiger partial charge in [-0.3, -0.25) is 4.90 Å². The summed E-state index contributed by atoms with van der Waals surface area (Å²) in [6.07, 6.45) is 2.01. The second kappa shape index (κ2) is 7.12. The van der Waals surface area contributed by atoms with E-state index in [0.29, 0.717) is 17.7 Å². The van der Waals surface area contributed by atoms with E-state index in [4.69, 9.17) is 10.5 Å². The van der Waals surface area contributed by atoms with Crippen molar-refractivity contribution >= 4 is 17.4 Å². The second-order valence-corrected chi connectivity index (χ2v) is 6.43. The van der Waals surface area contributed by atoms with E-state index in [-0.39, 0.29) is 0 Å². The van der Waals surface area contributed by atoms with Crippen molar-refractivity contribution in [3.05, 3.63) is 18.3 Å². The van der Waals surface area contributed by atoms with Crippen molar-refractivity contribution in [2.45, 2.75) is 25.0 Å². The average Bonchev–Trinajstić information content (AvgIpc) is 2.38. The van der Waals surface area contributed by atoms with Crippen molar-refractivity contribution in [2.75, 3.05) is 37.7 Å². The molecule has 0 bridgehead atoms. The fourth-order valence-electron chi connectivity index (χ4n) is 2.22. The first-order valence-corrected chi connectivity index (χ1v) is 7.80. The van der Waals surface area contributed by atoms with Gasteiger partial charge in [-0.15, -0.1) is 11.8 Å². The van der Waals surface area contributed by atoms with Gasteiger partial charge in [-0.25, -0.2) is 4.98 Å². The van der Waals surface area contributed by atoms with Gasteiger partial charge >= 0.3 is 0 Å². The number of nitrogen functional groups attached to an aromatic ring is 1. The van der Waals surface area contributed by atoms with Crippen LogP contribution in [0, 0.1) is 5.92 Å². The Labute approximate surface area is 119 Å². The molecule has 0 saturated carbocycles. The van der Waals surface area contributed by atoms with Crippen LogP contribution in [0.2, 0.25) is 0 Å². The number of pyridine rings is 1. The number of nitrogens with two attached hydrogens (primary N) is 1. The molecule has 1 atom stereocenters. The molecule has 0 spiro atoms. The number of ether oxygens (including phenoxy) is 1. The molecule has 0 radical (unpaired) electrons. The Morgan fingerprint density at radius 3 is 3.05 bits per heavy atom. The van der Waals surface area contributed by atoms with Crippen molar-refractivity contribution in [3.8, 4) is 0 Å². The minimum absolute atomic E-state index is 0.303. The topological polar surface area (TPSA) is 51.4 Å². The zero-order chi connectivity index (χ0) is 13.7. The molecule has 0 aromatic carbocycles. The molecule has 2 N–H and O–H groups in total. The van der Waals surface area contributed by atoms with Crippen LogP contribution in [0.3, 0.4) is 0 Å². The summed E-state index contributed by atoms with van der Waals surface area (Å²) in [5, 5.41) is 1.01. The molecule has 2 rings (SSSR count). The molecule has 0 aliphatic carbocycles. The quantitative estimate of drug-likeness (QED) is 0.838. The monoisotopic (exact) mass is 281 g/mol. The van der Waals surface area contributed by atoms with E-state index < -0.39 is 0 Å². The Morgan fingerprint density at radius 1 is 1.53 bits per heavy atom. The number of anilines is 1. The second-order valence-electron chi connectivity index (χ2n) is 5.39. The van der Waals surface area contributed by atoms with Crippen molar-refractivity contribution < 1.29 is 4.74 Å². The Kier molecular flexibility index (Phi) is 5.48. The zero-order valence-corrected chi connectivity index (χ0v) is 12.5. The highest BCUT2D eigenvalue weighted by atomic mass is 32.2. The molecule has 5 heteroatoms. The first-order chi connectivity index (χ1) is 9.13. The molecule has 1 aromatic rings. The van der Waals surface area contributed by atoms with Crippen LogP contribution in [0.1, 0.15) is 13.8 Å². The molecule has 19 heavy (non-hydrogen) atoms. The van der Waals surface area contributed by atoms with Crippen LogP contribution in [0.25, 0.3) is 0 Å². The Balaban J connectivity index is 1.77. The average molecular weight is 281 g/mol. The lowest BCUT2D eigenvalue weighted by atomic mass is 10.2. The fourth-order valence-corrected chi connectivity index (χ4v) is 3.07. The van der Waals surface area contributed by atoms with Gasteiger partial charge in [0.15, 0.2) is 0 Å². The third-order valence-electron chi connectivity index (χ3n) is 3.02. The number of aromatic nitrogens is 1. The molecule has 1 fully saturated rings. The maximum absolute atomic E-state index is 5.82. The van der Waals surface area contributed by atoms with Crippen molar-refractivity contribution in [1.29, 1.82) is 0 Å². The van der Waals surface area contributed by atoms with E-state index >= 15 is 0 Å². The van der Waals surface area contributed by atoms with E-state index in [1.54, 1.807) is 18.0 Å². The van der Waals surface area contributed by atoms with E-state index in [0.717, 1.165) is 37.0 Å². The summed E-state index contributed by atoms with van der Waals surface area (Å²) in [5.41, 5.74) is 6.34. The standard InChI is InChI=1S/C14H23N3OS/c1-11(2)8-17-5-6-18-13(9-17)10-19-14-4-3-12(15)7-16-14/h3-4,7,11,13H,5-6,8-10,15H2,1-2H3. The highest BCUT2D eigenvalue weighted by Gasteiger charge is 2.21. The number of hydrogen-bond acceptors (Lipinski definition) is 5. The number of rotatable bonds is 5. The smallest absolute Gasteiger partial charge is 0.0962 e.